The van der Waals surface area contributed by atoms with Crippen molar-refractivity contribution in [3.05, 3.63) is 35.9 Å². The quantitative estimate of drug-likeness (QED) is 0.697. The number of carbonyl (C=O) groups excluding carboxylic acids is 1. The van der Waals surface area contributed by atoms with Crippen LogP contribution in [0.25, 0.3) is 0 Å². The molecule has 1 aromatic carbocycles. The van der Waals surface area contributed by atoms with Crippen LogP contribution in [0.5, 0.6) is 0 Å². The third kappa shape index (κ3) is 4.95. The van der Waals surface area contributed by atoms with Crippen LogP contribution in [0.2, 0.25) is 0 Å². The molecule has 3 nitrogen and oxygen atoms in total. The van der Waals surface area contributed by atoms with Crippen LogP contribution in [0.15, 0.2) is 30.3 Å². The van der Waals surface area contributed by atoms with Gasteiger partial charge in [-0.3, -0.25) is 4.79 Å². The molecule has 0 spiro atoms. The van der Waals surface area contributed by atoms with Gasteiger partial charge in [-0.25, -0.2) is 0 Å². The van der Waals surface area contributed by atoms with E-state index in [4.69, 9.17) is 4.74 Å². The van der Waals surface area contributed by atoms with Gasteiger partial charge in [-0.1, -0.05) is 63.4 Å². The van der Waals surface area contributed by atoms with Gasteiger partial charge in [0, 0.05) is 6.54 Å². The minimum absolute atomic E-state index is 0. The fourth-order valence-corrected chi connectivity index (χ4v) is 3.47. The van der Waals surface area contributed by atoms with Crippen molar-refractivity contribution < 1.29 is 9.53 Å². The number of halogens is 1. The van der Waals surface area contributed by atoms with E-state index in [1.54, 1.807) is 0 Å². The standard InChI is InChI=1S/C19H29NO2.ClH/c1-3-20(4-2)15-16-22-18(21)19(13-9-6-10-14-19)17-11-7-5-8-12-17;/h5,7-8,11-12H,3-4,6,9-10,13-16H2,1-2H3;1H. The zero-order valence-corrected chi connectivity index (χ0v) is 15.2. The van der Waals surface area contributed by atoms with Crippen LogP contribution >= 0.6 is 12.4 Å². The molecule has 2 rings (SSSR count). The van der Waals surface area contributed by atoms with Crippen molar-refractivity contribution in [3.63, 3.8) is 0 Å². The van der Waals surface area contributed by atoms with Crippen molar-refractivity contribution in [2.24, 2.45) is 0 Å². The van der Waals surface area contributed by atoms with E-state index in [0.29, 0.717) is 6.61 Å². The predicted molar refractivity (Wildman–Crippen MR) is 97.2 cm³/mol. The first-order valence-corrected chi connectivity index (χ1v) is 8.68. The van der Waals surface area contributed by atoms with Crippen molar-refractivity contribution in [1.29, 1.82) is 0 Å². The van der Waals surface area contributed by atoms with Crippen LogP contribution in [-0.4, -0.2) is 37.1 Å². The Morgan fingerprint density at radius 3 is 2.26 bits per heavy atom. The first-order valence-electron chi connectivity index (χ1n) is 8.68. The van der Waals surface area contributed by atoms with E-state index >= 15 is 0 Å². The summed E-state index contributed by atoms with van der Waals surface area (Å²) < 4.78 is 5.69. The van der Waals surface area contributed by atoms with Crippen LogP contribution in [0.1, 0.15) is 51.5 Å². The van der Waals surface area contributed by atoms with Gasteiger partial charge in [0.1, 0.15) is 6.61 Å². The molecule has 0 radical (unpaired) electrons. The maximum Gasteiger partial charge on any atom is 0.316 e. The van der Waals surface area contributed by atoms with Gasteiger partial charge in [0.15, 0.2) is 0 Å². The minimum atomic E-state index is -0.414. The van der Waals surface area contributed by atoms with E-state index in [1.807, 2.05) is 18.2 Å². The number of esters is 1. The highest BCUT2D eigenvalue weighted by molar-refractivity contribution is 5.85. The van der Waals surface area contributed by atoms with Crippen molar-refractivity contribution in [1.82, 2.24) is 4.90 Å². The molecule has 1 aliphatic carbocycles. The Kier molecular flexibility index (Phi) is 8.64. The van der Waals surface area contributed by atoms with E-state index in [0.717, 1.165) is 50.9 Å². The van der Waals surface area contributed by atoms with E-state index in [-0.39, 0.29) is 18.4 Å². The van der Waals surface area contributed by atoms with Gasteiger partial charge in [0.25, 0.3) is 0 Å². The zero-order valence-electron chi connectivity index (χ0n) is 14.4. The number of carbonyl (C=O) groups is 1. The van der Waals surface area contributed by atoms with Crippen molar-refractivity contribution in [3.8, 4) is 0 Å². The summed E-state index contributed by atoms with van der Waals surface area (Å²) in [6, 6.07) is 10.2. The van der Waals surface area contributed by atoms with E-state index in [9.17, 15) is 4.79 Å². The van der Waals surface area contributed by atoms with Gasteiger partial charge in [-0.15, -0.1) is 12.4 Å². The molecule has 4 heteroatoms. The number of rotatable bonds is 7. The molecular formula is C19H30ClNO2. The molecule has 0 saturated heterocycles. The summed E-state index contributed by atoms with van der Waals surface area (Å²) in [4.78, 5) is 15.1. The molecule has 0 amide bonds. The number of benzene rings is 1. The van der Waals surface area contributed by atoms with Gasteiger partial charge in [0.05, 0.1) is 5.41 Å². The Morgan fingerprint density at radius 1 is 1.09 bits per heavy atom. The predicted octanol–water partition coefficient (Wildman–Crippen LogP) is 4.20. The molecule has 1 saturated carbocycles. The Bertz CT molecular complexity index is 454. The summed E-state index contributed by atoms with van der Waals surface area (Å²) in [5.74, 6) is -0.0226. The summed E-state index contributed by atoms with van der Waals surface area (Å²) in [5.41, 5.74) is 0.713. The lowest BCUT2D eigenvalue weighted by molar-refractivity contribution is -0.152. The van der Waals surface area contributed by atoms with E-state index in [2.05, 4.69) is 30.9 Å². The van der Waals surface area contributed by atoms with Gasteiger partial charge in [-0.05, 0) is 31.5 Å². The molecule has 130 valence electrons. The lowest BCUT2D eigenvalue weighted by Gasteiger charge is -2.35. The fourth-order valence-electron chi connectivity index (χ4n) is 3.47. The summed E-state index contributed by atoms with van der Waals surface area (Å²) in [6.07, 6.45) is 5.28. The van der Waals surface area contributed by atoms with Gasteiger partial charge >= 0.3 is 5.97 Å². The fraction of sp³-hybridized carbons (Fsp3) is 0.632. The second kappa shape index (κ2) is 9.94. The van der Waals surface area contributed by atoms with Gasteiger partial charge in [-0.2, -0.15) is 0 Å². The molecule has 0 atom stereocenters. The molecule has 0 heterocycles. The van der Waals surface area contributed by atoms with E-state index < -0.39 is 5.41 Å². The summed E-state index contributed by atoms with van der Waals surface area (Å²) in [7, 11) is 0. The zero-order chi connectivity index (χ0) is 15.8. The molecule has 1 aromatic rings. The van der Waals surface area contributed by atoms with Crippen LogP contribution < -0.4 is 0 Å². The second-order valence-corrected chi connectivity index (χ2v) is 6.17. The first-order chi connectivity index (χ1) is 10.7. The molecule has 23 heavy (non-hydrogen) atoms. The second-order valence-electron chi connectivity index (χ2n) is 6.17. The van der Waals surface area contributed by atoms with Crippen LogP contribution in [0.4, 0.5) is 0 Å². The number of hydrogen-bond donors (Lipinski definition) is 0. The molecule has 0 N–H and O–H groups in total. The maximum absolute atomic E-state index is 12.8. The smallest absolute Gasteiger partial charge is 0.316 e. The maximum atomic E-state index is 12.8. The molecule has 0 aromatic heterocycles. The number of hydrogen-bond acceptors (Lipinski definition) is 3. The number of nitrogens with zero attached hydrogens (tertiary/aromatic N) is 1. The third-order valence-electron chi connectivity index (χ3n) is 4.96. The van der Waals surface area contributed by atoms with Gasteiger partial charge in [0.2, 0.25) is 0 Å². The number of likely N-dealkylation sites (N-methyl/N-ethyl adjacent to an activating group) is 1. The monoisotopic (exact) mass is 339 g/mol. The molecule has 1 fully saturated rings. The average molecular weight is 340 g/mol. The topological polar surface area (TPSA) is 29.5 Å². The highest BCUT2D eigenvalue weighted by Gasteiger charge is 2.42. The van der Waals surface area contributed by atoms with Crippen molar-refractivity contribution in [2.75, 3.05) is 26.2 Å². The Morgan fingerprint density at radius 2 is 1.70 bits per heavy atom. The Hall–Kier alpha value is -1.06. The first kappa shape index (κ1) is 20.0. The highest BCUT2D eigenvalue weighted by atomic mass is 35.5. The lowest BCUT2D eigenvalue weighted by atomic mass is 9.69. The molecular weight excluding hydrogens is 310 g/mol. The summed E-state index contributed by atoms with van der Waals surface area (Å²) in [6.45, 7) is 7.59. The minimum Gasteiger partial charge on any atom is -0.464 e. The normalized spacial score (nSPS) is 16.7. The summed E-state index contributed by atoms with van der Waals surface area (Å²) in [5, 5.41) is 0. The molecule has 0 bridgehead atoms. The van der Waals surface area contributed by atoms with Crippen LogP contribution in [-0.2, 0) is 14.9 Å². The van der Waals surface area contributed by atoms with E-state index in [1.165, 1.54) is 6.42 Å². The molecule has 1 aliphatic rings. The molecule has 0 aliphatic heterocycles. The molecule has 0 unspecified atom stereocenters. The average Bonchev–Trinajstić information content (AvgIpc) is 2.60. The van der Waals surface area contributed by atoms with Crippen LogP contribution in [0.3, 0.4) is 0 Å². The third-order valence-corrected chi connectivity index (χ3v) is 4.96. The van der Waals surface area contributed by atoms with Crippen LogP contribution in [0, 0.1) is 0 Å². The number of ether oxygens (including phenoxy) is 1. The largest absolute Gasteiger partial charge is 0.464 e. The lowest BCUT2D eigenvalue weighted by Crippen LogP contribution is -2.40. The summed E-state index contributed by atoms with van der Waals surface area (Å²) >= 11 is 0. The Labute approximate surface area is 146 Å². The van der Waals surface area contributed by atoms with Crippen molar-refractivity contribution in [2.45, 2.75) is 51.4 Å². The highest BCUT2D eigenvalue weighted by Crippen LogP contribution is 2.40. The van der Waals surface area contributed by atoms with Gasteiger partial charge < -0.3 is 9.64 Å². The Balaban J connectivity index is 0.00000264. The van der Waals surface area contributed by atoms with Crippen molar-refractivity contribution >= 4 is 18.4 Å². The SMILES string of the molecule is CCN(CC)CCOC(=O)C1(c2ccccc2)CCCCC1.Cl.